The first-order valence-corrected chi connectivity index (χ1v) is 5.27. The fraction of sp³-hybridized carbons (Fsp3) is 0.308. The van der Waals surface area contributed by atoms with Crippen LogP contribution in [0.4, 0.5) is 0 Å². The molecule has 1 atom stereocenters. The molecule has 1 rings (SSSR count). The van der Waals surface area contributed by atoms with Crippen molar-refractivity contribution in [1.29, 1.82) is 0 Å². The van der Waals surface area contributed by atoms with Crippen LogP contribution in [0.2, 0.25) is 0 Å². The Morgan fingerprint density at radius 1 is 1.41 bits per heavy atom. The Morgan fingerprint density at radius 2 is 2.06 bits per heavy atom. The minimum atomic E-state index is -0.456. The summed E-state index contributed by atoms with van der Waals surface area (Å²) in [6.45, 7) is 1.97. The average Bonchev–Trinajstić information content (AvgIpc) is 2.35. The predicted molar refractivity (Wildman–Crippen MR) is 64.5 cm³/mol. The Labute approximate surface area is 101 Å². The summed E-state index contributed by atoms with van der Waals surface area (Å²) in [5.74, 6) is 3.01. The van der Waals surface area contributed by atoms with E-state index < -0.39 is 5.91 Å². The van der Waals surface area contributed by atoms with Gasteiger partial charge in [-0.15, -0.1) is 0 Å². The topological polar surface area (TPSA) is 61.6 Å². The number of carbonyl (C=O) groups is 1. The molecule has 4 nitrogen and oxygen atoms in total. The molecular formula is C13H15NO3. The number of amides is 1. The van der Waals surface area contributed by atoms with E-state index in [1.165, 1.54) is 7.11 Å². The molecule has 90 valence electrons. The lowest BCUT2D eigenvalue weighted by atomic mass is 10.2. The molecule has 0 radical (unpaired) electrons. The Hall–Kier alpha value is -2.15. The van der Waals surface area contributed by atoms with Gasteiger partial charge in [0.15, 0.2) is 6.10 Å². The second-order valence-corrected chi connectivity index (χ2v) is 3.35. The van der Waals surface area contributed by atoms with Crippen molar-refractivity contribution in [2.24, 2.45) is 5.73 Å². The highest BCUT2D eigenvalue weighted by atomic mass is 16.5. The fourth-order valence-electron chi connectivity index (χ4n) is 1.20. The van der Waals surface area contributed by atoms with Gasteiger partial charge in [0.05, 0.1) is 7.11 Å². The van der Waals surface area contributed by atoms with E-state index in [-0.39, 0.29) is 6.10 Å². The molecule has 1 aromatic carbocycles. The number of primary amides is 1. The highest BCUT2D eigenvalue weighted by Gasteiger charge is 2.05. The molecule has 0 bridgehead atoms. The van der Waals surface area contributed by atoms with Crippen LogP contribution in [0.1, 0.15) is 23.7 Å². The molecule has 0 aliphatic heterocycles. The van der Waals surface area contributed by atoms with Gasteiger partial charge in [0.2, 0.25) is 5.91 Å². The molecule has 1 unspecified atom stereocenters. The van der Waals surface area contributed by atoms with Gasteiger partial charge in [-0.25, -0.2) is 0 Å². The zero-order valence-electron chi connectivity index (χ0n) is 9.90. The molecule has 0 saturated heterocycles. The van der Waals surface area contributed by atoms with Crippen LogP contribution in [-0.2, 0) is 4.74 Å². The van der Waals surface area contributed by atoms with Crippen molar-refractivity contribution in [3.63, 3.8) is 0 Å². The first-order valence-electron chi connectivity index (χ1n) is 5.27. The van der Waals surface area contributed by atoms with Gasteiger partial charge >= 0.3 is 0 Å². The number of hydrogen-bond donors (Lipinski definition) is 1. The maximum atomic E-state index is 10.9. The molecule has 4 heteroatoms. The Balaban J connectivity index is 2.70. The molecule has 1 amide bonds. The third-order valence-corrected chi connectivity index (χ3v) is 2.11. The van der Waals surface area contributed by atoms with Crippen molar-refractivity contribution in [3.8, 4) is 17.8 Å². The average molecular weight is 233 g/mol. The molecule has 17 heavy (non-hydrogen) atoms. The third-order valence-electron chi connectivity index (χ3n) is 2.11. The van der Waals surface area contributed by atoms with Gasteiger partial charge in [-0.2, -0.15) is 0 Å². The number of methoxy groups -OCH3 is 1. The smallest absolute Gasteiger partial charge is 0.248 e. The summed E-state index contributed by atoms with van der Waals surface area (Å²) >= 11 is 0. The Kier molecular flexibility index (Phi) is 4.89. The monoisotopic (exact) mass is 233 g/mol. The van der Waals surface area contributed by atoms with Crippen molar-refractivity contribution in [2.45, 2.75) is 19.4 Å². The van der Waals surface area contributed by atoms with Crippen LogP contribution in [0.25, 0.3) is 0 Å². The Bertz CT molecular complexity index is 428. The van der Waals surface area contributed by atoms with Crippen LogP contribution in [-0.4, -0.2) is 19.1 Å². The zero-order valence-corrected chi connectivity index (χ0v) is 9.90. The molecule has 0 fully saturated rings. The molecule has 0 aromatic heterocycles. The van der Waals surface area contributed by atoms with Gasteiger partial charge < -0.3 is 15.2 Å². The summed E-state index contributed by atoms with van der Waals surface area (Å²) in [5.41, 5.74) is 5.59. The van der Waals surface area contributed by atoms with Crippen LogP contribution >= 0.6 is 0 Å². The van der Waals surface area contributed by atoms with Gasteiger partial charge in [0, 0.05) is 5.56 Å². The lowest BCUT2D eigenvalue weighted by Gasteiger charge is -2.11. The quantitative estimate of drug-likeness (QED) is 0.802. The number of ether oxygens (including phenoxy) is 2. The van der Waals surface area contributed by atoms with Gasteiger partial charge in [0.1, 0.15) is 11.9 Å². The summed E-state index contributed by atoms with van der Waals surface area (Å²) in [6.07, 6.45) is 3.02. The number of hydrogen-bond acceptors (Lipinski definition) is 3. The molecule has 2 N–H and O–H groups in total. The van der Waals surface area contributed by atoms with E-state index >= 15 is 0 Å². The number of nitrogens with two attached hydrogens (primary N) is 1. The molecule has 0 heterocycles. The van der Waals surface area contributed by atoms with Gasteiger partial charge in [-0.1, -0.05) is 6.92 Å². The van der Waals surface area contributed by atoms with Gasteiger partial charge in [0.25, 0.3) is 0 Å². The van der Waals surface area contributed by atoms with Crippen molar-refractivity contribution >= 4 is 5.91 Å². The number of benzene rings is 1. The molecule has 0 aliphatic carbocycles. The van der Waals surface area contributed by atoms with Crippen molar-refractivity contribution in [3.05, 3.63) is 29.8 Å². The first-order chi connectivity index (χ1) is 8.17. The number of carbonyl (C=O) groups excluding carboxylic acids is 1. The summed E-state index contributed by atoms with van der Waals surface area (Å²) in [4.78, 5) is 10.9. The standard InChI is InChI=1S/C13H15NO3/c1-3-11(8-9-16-2)17-12-6-4-10(5-7-12)13(14)15/h4-7,11H,3H2,1-2H3,(H2,14,15). The summed E-state index contributed by atoms with van der Waals surface area (Å²) in [5, 5.41) is 0. The molecule has 0 aliphatic rings. The summed E-state index contributed by atoms with van der Waals surface area (Å²) in [7, 11) is 1.50. The first kappa shape index (κ1) is 12.9. The molecule has 0 saturated carbocycles. The predicted octanol–water partition coefficient (Wildman–Crippen LogP) is 1.55. The zero-order chi connectivity index (χ0) is 12.7. The second kappa shape index (κ2) is 6.44. The minimum Gasteiger partial charge on any atom is -0.478 e. The van der Waals surface area contributed by atoms with Crippen LogP contribution in [0.3, 0.4) is 0 Å². The van der Waals surface area contributed by atoms with E-state index in [1.54, 1.807) is 24.3 Å². The lowest BCUT2D eigenvalue weighted by Crippen LogP contribution is -2.13. The van der Waals surface area contributed by atoms with E-state index in [1.807, 2.05) is 6.92 Å². The van der Waals surface area contributed by atoms with Crippen molar-refractivity contribution in [2.75, 3.05) is 7.11 Å². The second-order valence-electron chi connectivity index (χ2n) is 3.35. The number of rotatable bonds is 4. The van der Waals surface area contributed by atoms with E-state index in [2.05, 4.69) is 16.8 Å². The maximum absolute atomic E-state index is 10.9. The summed E-state index contributed by atoms with van der Waals surface area (Å²) < 4.78 is 10.3. The van der Waals surface area contributed by atoms with Crippen LogP contribution < -0.4 is 10.5 Å². The molecule has 1 aromatic rings. The highest BCUT2D eigenvalue weighted by Crippen LogP contribution is 2.14. The summed E-state index contributed by atoms with van der Waals surface area (Å²) in [6, 6.07) is 6.62. The molecule has 0 spiro atoms. The highest BCUT2D eigenvalue weighted by molar-refractivity contribution is 5.92. The lowest BCUT2D eigenvalue weighted by molar-refractivity contribution is 0.100. The van der Waals surface area contributed by atoms with E-state index in [0.717, 1.165) is 6.42 Å². The minimum absolute atomic E-state index is 0.227. The van der Waals surface area contributed by atoms with Gasteiger partial charge in [-0.3, -0.25) is 4.79 Å². The third kappa shape index (κ3) is 4.07. The SMILES string of the molecule is CCC(C#COC)Oc1ccc(C(N)=O)cc1. The van der Waals surface area contributed by atoms with E-state index in [4.69, 9.17) is 10.5 Å². The van der Waals surface area contributed by atoms with E-state index in [0.29, 0.717) is 11.3 Å². The van der Waals surface area contributed by atoms with Crippen LogP contribution in [0, 0.1) is 12.0 Å². The fourth-order valence-corrected chi connectivity index (χ4v) is 1.20. The van der Waals surface area contributed by atoms with Gasteiger partial charge in [-0.05, 0) is 36.6 Å². The van der Waals surface area contributed by atoms with Crippen molar-refractivity contribution < 1.29 is 14.3 Å². The van der Waals surface area contributed by atoms with Crippen molar-refractivity contribution in [1.82, 2.24) is 0 Å². The largest absolute Gasteiger partial charge is 0.478 e. The Morgan fingerprint density at radius 3 is 2.53 bits per heavy atom. The molecular weight excluding hydrogens is 218 g/mol. The van der Waals surface area contributed by atoms with Crippen LogP contribution in [0.5, 0.6) is 5.75 Å². The van der Waals surface area contributed by atoms with E-state index in [9.17, 15) is 4.79 Å². The normalized spacial score (nSPS) is 10.9. The van der Waals surface area contributed by atoms with Crippen LogP contribution in [0.15, 0.2) is 24.3 Å². The maximum Gasteiger partial charge on any atom is 0.248 e.